The molecule has 14 heavy (non-hydrogen) atoms. The number of rotatable bonds is 2. The first-order valence-electron chi connectivity index (χ1n) is 5.08. The molecule has 0 bridgehead atoms. The standard InChI is InChI=1S/C10H18N4/c1-10(7-11)4-6-14(8-10)9-3-5-12-13(9)2/h3,5H,4,6-8,11H2,1-2H3. The lowest BCUT2D eigenvalue weighted by molar-refractivity contribution is 0.383. The number of hydrogen-bond acceptors (Lipinski definition) is 3. The Morgan fingerprint density at radius 1 is 1.64 bits per heavy atom. The highest BCUT2D eigenvalue weighted by Gasteiger charge is 2.33. The predicted octanol–water partition coefficient (Wildman–Crippen LogP) is 0.595. The third-order valence-corrected chi connectivity index (χ3v) is 3.17. The van der Waals surface area contributed by atoms with Crippen molar-refractivity contribution in [3.05, 3.63) is 12.3 Å². The van der Waals surface area contributed by atoms with Gasteiger partial charge < -0.3 is 10.6 Å². The van der Waals surface area contributed by atoms with E-state index in [1.165, 1.54) is 12.2 Å². The van der Waals surface area contributed by atoms with Gasteiger partial charge in [-0.05, 0) is 18.4 Å². The van der Waals surface area contributed by atoms with Crippen molar-refractivity contribution in [3.63, 3.8) is 0 Å². The van der Waals surface area contributed by atoms with Crippen molar-refractivity contribution < 1.29 is 0 Å². The molecule has 2 heterocycles. The molecule has 1 aliphatic rings. The van der Waals surface area contributed by atoms with Crippen LogP contribution in [-0.4, -0.2) is 29.4 Å². The Morgan fingerprint density at radius 3 is 2.93 bits per heavy atom. The fraction of sp³-hybridized carbons (Fsp3) is 0.700. The van der Waals surface area contributed by atoms with E-state index in [9.17, 15) is 0 Å². The van der Waals surface area contributed by atoms with Crippen LogP contribution in [-0.2, 0) is 7.05 Å². The summed E-state index contributed by atoms with van der Waals surface area (Å²) in [6.45, 7) is 5.15. The summed E-state index contributed by atoms with van der Waals surface area (Å²) in [6.07, 6.45) is 3.02. The van der Waals surface area contributed by atoms with E-state index in [0.29, 0.717) is 0 Å². The zero-order valence-corrected chi connectivity index (χ0v) is 8.90. The molecule has 2 N–H and O–H groups in total. The number of nitrogens with zero attached hydrogens (tertiary/aromatic N) is 3. The van der Waals surface area contributed by atoms with Crippen LogP contribution in [0.2, 0.25) is 0 Å². The maximum absolute atomic E-state index is 5.77. The van der Waals surface area contributed by atoms with Gasteiger partial charge in [0.25, 0.3) is 0 Å². The summed E-state index contributed by atoms with van der Waals surface area (Å²) in [7, 11) is 1.98. The fourth-order valence-electron chi connectivity index (χ4n) is 2.06. The lowest BCUT2D eigenvalue weighted by Gasteiger charge is -2.23. The van der Waals surface area contributed by atoms with Crippen LogP contribution < -0.4 is 10.6 Å². The Hall–Kier alpha value is -1.03. The number of hydrogen-bond donors (Lipinski definition) is 1. The summed E-state index contributed by atoms with van der Waals surface area (Å²) in [4.78, 5) is 2.36. The van der Waals surface area contributed by atoms with Crippen LogP contribution in [0, 0.1) is 5.41 Å². The van der Waals surface area contributed by atoms with Crippen molar-refractivity contribution in [2.75, 3.05) is 24.5 Å². The van der Waals surface area contributed by atoms with Crippen LogP contribution in [0.5, 0.6) is 0 Å². The van der Waals surface area contributed by atoms with Crippen molar-refractivity contribution >= 4 is 5.82 Å². The molecule has 0 radical (unpaired) electrons. The zero-order chi connectivity index (χ0) is 10.2. The van der Waals surface area contributed by atoms with Crippen LogP contribution in [0.25, 0.3) is 0 Å². The van der Waals surface area contributed by atoms with Gasteiger partial charge in [-0.25, -0.2) is 0 Å². The molecule has 0 aliphatic carbocycles. The van der Waals surface area contributed by atoms with Gasteiger partial charge in [-0.1, -0.05) is 6.92 Å². The minimum atomic E-state index is 0.282. The minimum Gasteiger partial charge on any atom is -0.356 e. The Bertz CT molecular complexity index is 320. The molecule has 0 spiro atoms. The molecular weight excluding hydrogens is 176 g/mol. The molecule has 4 heteroatoms. The van der Waals surface area contributed by atoms with Gasteiger partial charge >= 0.3 is 0 Å². The molecule has 1 aromatic heterocycles. The molecule has 0 aromatic carbocycles. The molecule has 1 unspecified atom stereocenters. The maximum atomic E-state index is 5.77. The molecule has 1 saturated heterocycles. The lowest BCUT2D eigenvalue weighted by atomic mass is 9.90. The third kappa shape index (κ3) is 1.50. The minimum absolute atomic E-state index is 0.282. The fourth-order valence-corrected chi connectivity index (χ4v) is 2.06. The van der Waals surface area contributed by atoms with Gasteiger partial charge in [0, 0.05) is 26.2 Å². The predicted molar refractivity (Wildman–Crippen MR) is 57.2 cm³/mol. The third-order valence-electron chi connectivity index (χ3n) is 3.17. The highest BCUT2D eigenvalue weighted by atomic mass is 15.4. The van der Waals surface area contributed by atoms with Crippen molar-refractivity contribution in [1.29, 1.82) is 0 Å². The Balaban J connectivity index is 2.13. The van der Waals surface area contributed by atoms with Crippen molar-refractivity contribution in [3.8, 4) is 0 Å². The molecule has 1 atom stereocenters. The normalized spacial score (nSPS) is 27.2. The summed E-state index contributed by atoms with van der Waals surface area (Å²) in [6, 6.07) is 2.06. The smallest absolute Gasteiger partial charge is 0.126 e. The Kier molecular flexibility index (Phi) is 2.23. The molecule has 2 rings (SSSR count). The number of nitrogens with two attached hydrogens (primary N) is 1. The van der Waals surface area contributed by atoms with Crippen molar-refractivity contribution in [2.45, 2.75) is 13.3 Å². The molecule has 1 aliphatic heterocycles. The number of aromatic nitrogens is 2. The summed E-state index contributed by atoms with van der Waals surface area (Å²) < 4.78 is 1.92. The second-order valence-corrected chi connectivity index (χ2v) is 4.50. The van der Waals surface area contributed by atoms with E-state index in [0.717, 1.165) is 19.6 Å². The Morgan fingerprint density at radius 2 is 2.43 bits per heavy atom. The van der Waals surface area contributed by atoms with Gasteiger partial charge in [-0.3, -0.25) is 4.68 Å². The van der Waals surface area contributed by atoms with E-state index >= 15 is 0 Å². The molecule has 1 aromatic rings. The summed E-state index contributed by atoms with van der Waals surface area (Å²) in [5.74, 6) is 1.20. The first-order valence-corrected chi connectivity index (χ1v) is 5.08. The van der Waals surface area contributed by atoms with Gasteiger partial charge in [0.2, 0.25) is 0 Å². The average Bonchev–Trinajstić information content (AvgIpc) is 2.73. The Labute approximate surface area is 84.7 Å². The molecule has 1 fully saturated rings. The van der Waals surface area contributed by atoms with Gasteiger partial charge in [0.1, 0.15) is 5.82 Å². The molecule has 0 saturated carbocycles. The van der Waals surface area contributed by atoms with Crippen LogP contribution in [0.1, 0.15) is 13.3 Å². The van der Waals surface area contributed by atoms with Crippen molar-refractivity contribution in [1.82, 2.24) is 9.78 Å². The molecule has 4 nitrogen and oxygen atoms in total. The first-order chi connectivity index (χ1) is 6.64. The second-order valence-electron chi connectivity index (χ2n) is 4.50. The quantitative estimate of drug-likeness (QED) is 0.749. The monoisotopic (exact) mass is 194 g/mol. The van der Waals surface area contributed by atoms with Gasteiger partial charge in [-0.2, -0.15) is 5.10 Å². The van der Waals surface area contributed by atoms with Gasteiger partial charge in [-0.15, -0.1) is 0 Å². The van der Waals surface area contributed by atoms with Gasteiger partial charge in [0.15, 0.2) is 0 Å². The molecule has 78 valence electrons. The van der Waals surface area contributed by atoms with E-state index in [2.05, 4.69) is 23.0 Å². The second kappa shape index (κ2) is 3.28. The van der Waals surface area contributed by atoms with Gasteiger partial charge in [0.05, 0.1) is 6.20 Å². The molecule has 0 amide bonds. The first kappa shape index (κ1) is 9.52. The van der Waals surface area contributed by atoms with Crippen LogP contribution in [0.3, 0.4) is 0 Å². The highest BCUT2D eigenvalue weighted by Crippen LogP contribution is 2.31. The topological polar surface area (TPSA) is 47.1 Å². The summed E-state index contributed by atoms with van der Waals surface area (Å²) >= 11 is 0. The molecular formula is C10H18N4. The van der Waals surface area contributed by atoms with Crippen LogP contribution in [0.4, 0.5) is 5.82 Å². The SMILES string of the molecule is Cn1nccc1N1CCC(C)(CN)C1. The van der Waals surface area contributed by atoms with Crippen molar-refractivity contribution in [2.24, 2.45) is 18.2 Å². The highest BCUT2D eigenvalue weighted by molar-refractivity contribution is 5.40. The summed E-state index contributed by atoms with van der Waals surface area (Å²) in [5, 5.41) is 4.18. The lowest BCUT2D eigenvalue weighted by Crippen LogP contribution is -2.31. The van der Waals surface area contributed by atoms with E-state index in [1.54, 1.807) is 0 Å². The number of aryl methyl sites for hydroxylation is 1. The van der Waals surface area contributed by atoms with E-state index in [4.69, 9.17) is 5.73 Å². The van der Waals surface area contributed by atoms with E-state index in [-0.39, 0.29) is 5.41 Å². The van der Waals surface area contributed by atoms with Crippen LogP contribution >= 0.6 is 0 Å². The van der Waals surface area contributed by atoms with E-state index < -0.39 is 0 Å². The van der Waals surface area contributed by atoms with Crippen LogP contribution in [0.15, 0.2) is 12.3 Å². The largest absolute Gasteiger partial charge is 0.356 e. The summed E-state index contributed by atoms with van der Waals surface area (Å²) in [5.41, 5.74) is 6.05. The average molecular weight is 194 g/mol. The zero-order valence-electron chi connectivity index (χ0n) is 8.90. The maximum Gasteiger partial charge on any atom is 0.126 e. The number of anilines is 1. The van der Waals surface area contributed by atoms with E-state index in [1.807, 2.05) is 17.9 Å².